The minimum atomic E-state index is -0.919. The number of hydrogen-bond acceptors (Lipinski definition) is 4. The van der Waals surface area contributed by atoms with E-state index in [9.17, 15) is 14.7 Å². The van der Waals surface area contributed by atoms with Crippen LogP contribution in [0.5, 0.6) is 0 Å². The van der Waals surface area contributed by atoms with E-state index in [0.717, 1.165) is 30.9 Å². The van der Waals surface area contributed by atoms with E-state index < -0.39 is 17.9 Å². The Balaban J connectivity index is 2.28. The van der Waals surface area contributed by atoms with Crippen LogP contribution in [-0.2, 0) is 16.6 Å². The molecule has 1 aromatic rings. The average molecular weight is 322 g/mol. The lowest BCUT2D eigenvalue weighted by atomic mass is 9.94. The maximum atomic E-state index is 12.4. The van der Waals surface area contributed by atoms with E-state index in [2.05, 4.69) is 23.8 Å². The molecular weight excluding hydrogens is 296 g/mol. The van der Waals surface area contributed by atoms with Crippen molar-refractivity contribution in [2.75, 3.05) is 26.2 Å². The summed E-state index contributed by atoms with van der Waals surface area (Å²) in [5, 5.41) is 13.7. The van der Waals surface area contributed by atoms with Gasteiger partial charge in [-0.2, -0.15) is 5.10 Å². The first-order chi connectivity index (χ1) is 10.9. The van der Waals surface area contributed by atoms with Crippen molar-refractivity contribution in [1.29, 1.82) is 0 Å². The molecule has 0 unspecified atom stereocenters. The van der Waals surface area contributed by atoms with Crippen LogP contribution < -0.4 is 0 Å². The number of nitrogens with zero attached hydrogens (tertiary/aromatic N) is 4. The first-order valence-electron chi connectivity index (χ1n) is 8.13. The molecule has 1 fully saturated rings. The third kappa shape index (κ3) is 3.39. The van der Waals surface area contributed by atoms with Gasteiger partial charge in [0.15, 0.2) is 0 Å². The van der Waals surface area contributed by atoms with Crippen molar-refractivity contribution in [1.82, 2.24) is 19.6 Å². The molecule has 23 heavy (non-hydrogen) atoms. The topological polar surface area (TPSA) is 78.7 Å². The largest absolute Gasteiger partial charge is 0.481 e. The Bertz CT molecular complexity index is 580. The molecule has 2 rings (SSSR count). The van der Waals surface area contributed by atoms with Gasteiger partial charge in [0.05, 0.1) is 18.2 Å². The highest BCUT2D eigenvalue weighted by molar-refractivity contribution is 5.87. The molecule has 128 valence electrons. The van der Waals surface area contributed by atoms with E-state index in [1.807, 2.05) is 14.0 Å². The highest BCUT2D eigenvalue weighted by Gasteiger charge is 2.45. The van der Waals surface area contributed by atoms with Crippen molar-refractivity contribution in [3.63, 3.8) is 0 Å². The molecule has 0 radical (unpaired) electrons. The molecule has 2 heterocycles. The lowest BCUT2D eigenvalue weighted by Crippen LogP contribution is -2.38. The van der Waals surface area contributed by atoms with E-state index in [0.29, 0.717) is 6.54 Å². The maximum Gasteiger partial charge on any atom is 0.309 e. The molecule has 1 aromatic heterocycles. The van der Waals surface area contributed by atoms with Crippen LogP contribution in [0.25, 0.3) is 0 Å². The first kappa shape index (κ1) is 17.5. The summed E-state index contributed by atoms with van der Waals surface area (Å²) in [4.78, 5) is 28.0. The van der Waals surface area contributed by atoms with Crippen molar-refractivity contribution in [2.45, 2.75) is 33.2 Å². The summed E-state index contributed by atoms with van der Waals surface area (Å²) in [5.41, 5.74) is 1.74. The van der Waals surface area contributed by atoms with E-state index in [1.54, 1.807) is 15.8 Å². The molecule has 1 aliphatic rings. The van der Waals surface area contributed by atoms with Gasteiger partial charge in [0.2, 0.25) is 5.91 Å². The molecule has 0 spiro atoms. The standard InChI is InChI=1S/C16H26N4O3/c1-5-19(6-2)7-8-20-14(21)9-12(16(22)23)15(20)13-10-17-18(4)11(13)3/h10,12,15H,5-9H2,1-4H3,(H,22,23)/t12-,15-/m0/s1. The summed E-state index contributed by atoms with van der Waals surface area (Å²) < 4.78 is 1.72. The SMILES string of the molecule is CCN(CC)CCN1C(=O)C[C@H](C(=O)O)[C@H]1c1cnn(C)c1C. The number of likely N-dealkylation sites (N-methyl/N-ethyl adjacent to an activating group) is 1. The van der Waals surface area contributed by atoms with Crippen molar-refractivity contribution in [2.24, 2.45) is 13.0 Å². The smallest absolute Gasteiger partial charge is 0.309 e. The van der Waals surface area contributed by atoms with Gasteiger partial charge in [-0.25, -0.2) is 0 Å². The third-order valence-electron chi connectivity index (χ3n) is 4.89. The fraction of sp³-hybridized carbons (Fsp3) is 0.688. The number of aliphatic carboxylic acids is 1. The summed E-state index contributed by atoms with van der Waals surface area (Å²) in [6.45, 7) is 9.20. The van der Waals surface area contributed by atoms with E-state index in [-0.39, 0.29) is 12.3 Å². The summed E-state index contributed by atoms with van der Waals surface area (Å²) in [6.07, 6.45) is 1.76. The zero-order valence-corrected chi connectivity index (χ0v) is 14.3. The number of carboxylic acid groups (broad SMARTS) is 1. The Hall–Kier alpha value is -1.89. The number of amides is 1. The minimum Gasteiger partial charge on any atom is -0.481 e. The molecule has 2 atom stereocenters. The molecule has 7 nitrogen and oxygen atoms in total. The normalized spacial score (nSPS) is 21.4. The summed E-state index contributed by atoms with van der Waals surface area (Å²) in [6, 6.07) is -0.427. The van der Waals surface area contributed by atoms with Gasteiger partial charge in [-0.15, -0.1) is 0 Å². The number of aryl methyl sites for hydroxylation is 1. The lowest BCUT2D eigenvalue weighted by Gasteiger charge is -2.29. The van der Waals surface area contributed by atoms with Gasteiger partial charge >= 0.3 is 5.97 Å². The highest BCUT2D eigenvalue weighted by Crippen LogP contribution is 2.39. The Morgan fingerprint density at radius 3 is 2.57 bits per heavy atom. The minimum absolute atomic E-state index is 0.0621. The molecular formula is C16H26N4O3. The van der Waals surface area contributed by atoms with Crippen molar-refractivity contribution in [3.8, 4) is 0 Å². The van der Waals surface area contributed by atoms with Gasteiger partial charge in [-0.1, -0.05) is 13.8 Å². The van der Waals surface area contributed by atoms with Crippen LogP contribution in [0.2, 0.25) is 0 Å². The number of rotatable bonds is 7. The molecule has 1 N–H and O–H groups in total. The van der Waals surface area contributed by atoms with E-state index >= 15 is 0 Å². The number of likely N-dealkylation sites (tertiary alicyclic amines) is 1. The fourth-order valence-corrected chi connectivity index (χ4v) is 3.26. The van der Waals surface area contributed by atoms with Gasteiger partial charge in [0.25, 0.3) is 0 Å². The number of aromatic nitrogens is 2. The van der Waals surface area contributed by atoms with Crippen LogP contribution in [-0.4, -0.2) is 62.7 Å². The molecule has 1 aliphatic heterocycles. The quantitative estimate of drug-likeness (QED) is 0.811. The number of carboxylic acids is 1. The predicted molar refractivity (Wildman–Crippen MR) is 85.9 cm³/mol. The molecule has 1 saturated heterocycles. The lowest BCUT2D eigenvalue weighted by molar-refractivity contribution is -0.142. The molecule has 7 heteroatoms. The third-order valence-corrected chi connectivity index (χ3v) is 4.89. The molecule has 0 aromatic carbocycles. The maximum absolute atomic E-state index is 12.4. The number of carbonyl (C=O) groups is 2. The Labute approximate surface area is 136 Å². The second-order valence-corrected chi connectivity index (χ2v) is 6.02. The fourth-order valence-electron chi connectivity index (χ4n) is 3.26. The molecule has 1 amide bonds. The van der Waals surface area contributed by atoms with E-state index in [1.165, 1.54) is 0 Å². The van der Waals surface area contributed by atoms with Gasteiger partial charge in [-0.05, 0) is 20.0 Å². The highest BCUT2D eigenvalue weighted by atomic mass is 16.4. The molecule has 0 saturated carbocycles. The molecule has 0 aliphatic carbocycles. The van der Waals surface area contributed by atoms with E-state index in [4.69, 9.17) is 0 Å². The van der Waals surface area contributed by atoms with Crippen LogP contribution >= 0.6 is 0 Å². The van der Waals surface area contributed by atoms with Crippen LogP contribution in [0, 0.1) is 12.8 Å². The van der Waals surface area contributed by atoms with Crippen LogP contribution in [0.4, 0.5) is 0 Å². The number of hydrogen-bond donors (Lipinski definition) is 1. The van der Waals surface area contributed by atoms with Crippen molar-refractivity contribution >= 4 is 11.9 Å². The first-order valence-corrected chi connectivity index (χ1v) is 8.13. The van der Waals surface area contributed by atoms with Gasteiger partial charge in [-0.3, -0.25) is 14.3 Å². The Morgan fingerprint density at radius 2 is 2.09 bits per heavy atom. The number of carbonyl (C=O) groups excluding carboxylic acids is 1. The average Bonchev–Trinajstić information content (AvgIpc) is 3.01. The van der Waals surface area contributed by atoms with Gasteiger partial charge in [0.1, 0.15) is 0 Å². The van der Waals surface area contributed by atoms with Gasteiger partial charge in [0, 0.05) is 37.8 Å². The summed E-state index contributed by atoms with van der Waals surface area (Å²) in [7, 11) is 1.83. The Morgan fingerprint density at radius 1 is 1.43 bits per heavy atom. The monoisotopic (exact) mass is 322 g/mol. The van der Waals surface area contributed by atoms with Crippen molar-refractivity contribution in [3.05, 3.63) is 17.5 Å². The summed E-state index contributed by atoms with van der Waals surface area (Å²) >= 11 is 0. The van der Waals surface area contributed by atoms with Crippen molar-refractivity contribution < 1.29 is 14.7 Å². The van der Waals surface area contributed by atoms with Crippen LogP contribution in [0.1, 0.15) is 37.6 Å². The zero-order chi connectivity index (χ0) is 17.1. The predicted octanol–water partition coefficient (Wildman–Crippen LogP) is 1.04. The second kappa shape index (κ2) is 7.12. The molecule has 0 bridgehead atoms. The second-order valence-electron chi connectivity index (χ2n) is 6.02. The van der Waals surface area contributed by atoms with Crippen LogP contribution in [0.3, 0.4) is 0 Å². The Kier molecular flexibility index (Phi) is 5.41. The van der Waals surface area contributed by atoms with Crippen LogP contribution in [0.15, 0.2) is 6.20 Å². The zero-order valence-electron chi connectivity index (χ0n) is 14.3. The van der Waals surface area contributed by atoms with Gasteiger partial charge < -0.3 is 14.9 Å². The summed E-state index contributed by atoms with van der Waals surface area (Å²) in [5.74, 6) is -1.71.